The summed E-state index contributed by atoms with van der Waals surface area (Å²) in [6.07, 6.45) is 0. The van der Waals surface area contributed by atoms with Gasteiger partial charge in [-0.2, -0.15) is 8.42 Å². The number of hydrogen-bond acceptors (Lipinski definition) is 5. The highest BCUT2D eigenvalue weighted by atomic mass is 127. The van der Waals surface area contributed by atoms with Gasteiger partial charge in [0.15, 0.2) is 3.26 Å². The number of aliphatic hydroxyl groups excluding tert-OH is 1. The van der Waals surface area contributed by atoms with Crippen molar-refractivity contribution in [3.63, 3.8) is 0 Å². The van der Waals surface area contributed by atoms with Gasteiger partial charge in [-0.3, -0.25) is 14.4 Å². The molecule has 0 aromatic heterocycles. The summed E-state index contributed by atoms with van der Waals surface area (Å²) in [7, 11) is -3.93. The van der Waals surface area contributed by atoms with Gasteiger partial charge in [-0.15, -0.1) is 0 Å². The maximum atomic E-state index is 10.8. The van der Waals surface area contributed by atoms with Gasteiger partial charge in [-0.05, 0) is 0 Å². The summed E-state index contributed by atoms with van der Waals surface area (Å²) in [4.78, 5) is 4.14. The topological polar surface area (TPSA) is 81.1 Å². The first-order chi connectivity index (χ1) is 7.43. The van der Waals surface area contributed by atoms with Crippen LogP contribution in [-0.4, -0.2) is 77.0 Å². The summed E-state index contributed by atoms with van der Waals surface area (Å²) in [5, 5.41) is 8.77. The molecule has 6 nitrogen and oxygen atoms in total. The summed E-state index contributed by atoms with van der Waals surface area (Å²) in [6, 6.07) is 0. The van der Waals surface area contributed by atoms with Crippen molar-refractivity contribution in [2.75, 3.05) is 45.9 Å². The van der Waals surface area contributed by atoms with Crippen LogP contribution < -0.4 is 0 Å². The predicted molar refractivity (Wildman–Crippen MR) is 69.3 cm³/mol. The number of hydrogen-bond donors (Lipinski definition) is 2. The molecule has 1 heterocycles. The van der Waals surface area contributed by atoms with E-state index in [0.29, 0.717) is 13.1 Å². The molecule has 0 aromatic rings. The van der Waals surface area contributed by atoms with Crippen LogP contribution >= 0.6 is 22.6 Å². The summed E-state index contributed by atoms with van der Waals surface area (Å²) < 4.78 is 29.8. The lowest BCUT2D eigenvalue weighted by Crippen LogP contribution is -2.49. The minimum Gasteiger partial charge on any atom is -0.395 e. The van der Waals surface area contributed by atoms with E-state index >= 15 is 0 Å². The third-order valence-corrected chi connectivity index (χ3v) is 5.72. The van der Waals surface area contributed by atoms with Crippen LogP contribution in [0.25, 0.3) is 0 Å². The van der Waals surface area contributed by atoms with Gasteiger partial charge in [-0.1, -0.05) is 22.6 Å². The van der Waals surface area contributed by atoms with Gasteiger partial charge in [0.25, 0.3) is 10.1 Å². The van der Waals surface area contributed by atoms with E-state index in [1.54, 1.807) is 22.6 Å². The number of aliphatic hydroxyl groups is 1. The predicted octanol–water partition coefficient (Wildman–Crippen LogP) is -0.755. The highest BCUT2D eigenvalue weighted by molar-refractivity contribution is 14.1. The molecule has 1 atom stereocenters. The van der Waals surface area contributed by atoms with Gasteiger partial charge >= 0.3 is 0 Å². The lowest BCUT2D eigenvalue weighted by atomic mass is 10.3. The van der Waals surface area contributed by atoms with Crippen molar-refractivity contribution < 1.29 is 18.1 Å². The molecule has 16 heavy (non-hydrogen) atoms. The fourth-order valence-electron chi connectivity index (χ4n) is 1.63. The second-order valence-corrected chi connectivity index (χ2v) is 7.74. The third kappa shape index (κ3) is 4.80. The standard InChI is InChI=1S/C8H17IN2O4S/c9-8(16(13,14)15)7-11-3-1-10(2-4-11)5-6-12/h8,12H,1-7H2,(H,13,14,15). The quantitative estimate of drug-likeness (QED) is 0.380. The summed E-state index contributed by atoms with van der Waals surface area (Å²) in [5.74, 6) is 0. The Morgan fingerprint density at radius 1 is 1.19 bits per heavy atom. The molecule has 1 aliphatic heterocycles. The van der Waals surface area contributed by atoms with Gasteiger partial charge < -0.3 is 5.11 Å². The second kappa shape index (κ2) is 6.45. The molecule has 1 fully saturated rings. The molecule has 96 valence electrons. The van der Waals surface area contributed by atoms with E-state index in [4.69, 9.17) is 9.66 Å². The van der Waals surface area contributed by atoms with Gasteiger partial charge in [0, 0.05) is 39.3 Å². The van der Waals surface area contributed by atoms with Crippen LogP contribution in [-0.2, 0) is 10.1 Å². The monoisotopic (exact) mass is 364 g/mol. The van der Waals surface area contributed by atoms with E-state index in [0.717, 1.165) is 26.2 Å². The molecule has 1 rings (SSSR count). The Hall–Kier alpha value is 0.520. The second-order valence-electron chi connectivity index (χ2n) is 3.79. The molecule has 0 amide bonds. The van der Waals surface area contributed by atoms with Crippen molar-refractivity contribution in [1.29, 1.82) is 0 Å². The Morgan fingerprint density at radius 3 is 2.12 bits per heavy atom. The van der Waals surface area contributed by atoms with E-state index in [9.17, 15) is 8.42 Å². The normalized spacial score (nSPS) is 22.2. The number of nitrogens with zero attached hydrogens (tertiary/aromatic N) is 2. The van der Waals surface area contributed by atoms with Crippen LogP contribution in [0.3, 0.4) is 0 Å². The minimum absolute atomic E-state index is 0.153. The fourth-order valence-corrected chi connectivity index (χ4v) is 2.59. The average molecular weight is 364 g/mol. The zero-order chi connectivity index (χ0) is 12.2. The van der Waals surface area contributed by atoms with E-state index in [2.05, 4.69) is 4.90 Å². The number of rotatable bonds is 5. The minimum atomic E-state index is -3.93. The van der Waals surface area contributed by atoms with Crippen molar-refractivity contribution >= 4 is 32.7 Å². The number of alkyl halides is 1. The van der Waals surface area contributed by atoms with Crippen LogP contribution in [0.5, 0.6) is 0 Å². The lowest BCUT2D eigenvalue weighted by molar-refractivity contribution is 0.116. The Bertz CT molecular complexity index is 303. The maximum absolute atomic E-state index is 10.8. The molecule has 0 spiro atoms. The molecule has 1 aliphatic rings. The maximum Gasteiger partial charge on any atom is 0.278 e. The molecule has 0 bridgehead atoms. The molecule has 0 radical (unpaired) electrons. The Balaban J connectivity index is 2.32. The molecule has 1 unspecified atom stereocenters. The van der Waals surface area contributed by atoms with E-state index in [1.165, 1.54) is 0 Å². The van der Waals surface area contributed by atoms with Crippen molar-refractivity contribution in [1.82, 2.24) is 9.80 Å². The smallest absolute Gasteiger partial charge is 0.278 e. The van der Waals surface area contributed by atoms with Gasteiger partial charge in [-0.25, -0.2) is 0 Å². The van der Waals surface area contributed by atoms with Crippen LogP contribution in [0.1, 0.15) is 0 Å². The fraction of sp³-hybridized carbons (Fsp3) is 1.00. The van der Waals surface area contributed by atoms with E-state index in [-0.39, 0.29) is 6.61 Å². The van der Waals surface area contributed by atoms with E-state index in [1.807, 2.05) is 4.90 Å². The molecular formula is C8H17IN2O4S. The van der Waals surface area contributed by atoms with E-state index < -0.39 is 13.4 Å². The Labute approximate surface area is 109 Å². The molecule has 0 saturated carbocycles. The SMILES string of the molecule is O=S(=O)(O)C(I)CN1CCN(CCO)CC1. The zero-order valence-corrected chi connectivity index (χ0v) is 11.9. The molecule has 2 N–H and O–H groups in total. The van der Waals surface area contributed by atoms with Crippen LogP contribution in [0, 0.1) is 0 Å². The van der Waals surface area contributed by atoms with Gasteiger partial charge in [0.2, 0.25) is 0 Å². The van der Waals surface area contributed by atoms with Crippen LogP contribution in [0.2, 0.25) is 0 Å². The molecule has 0 aliphatic carbocycles. The summed E-state index contributed by atoms with van der Waals surface area (Å²) in [5.41, 5.74) is 0. The molecule has 0 aromatic carbocycles. The third-order valence-electron chi connectivity index (χ3n) is 2.61. The highest BCUT2D eigenvalue weighted by Crippen LogP contribution is 2.12. The average Bonchev–Trinajstić information content (AvgIpc) is 2.20. The summed E-state index contributed by atoms with van der Waals surface area (Å²) in [6.45, 7) is 4.38. The van der Waals surface area contributed by atoms with Crippen LogP contribution in [0.15, 0.2) is 0 Å². The summed E-state index contributed by atoms with van der Waals surface area (Å²) >= 11 is 1.74. The van der Waals surface area contributed by atoms with Crippen molar-refractivity contribution in [3.8, 4) is 0 Å². The van der Waals surface area contributed by atoms with Crippen molar-refractivity contribution in [2.45, 2.75) is 3.26 Å². The molecule has 8 heteroatoms. The van der Waals surface area contributed by atoms with Gasteiger partial charge in [0.1, 0.15) is 0 Å². The highest BCUT2D eigenvalue weighted by Gasteiger charge is 2.24. The Morgan fingerprint density at radius 2 is 1.69 bits per heavy atom. The van der Waals surface area contributed by atoms with Crippen LogP contribution in [0.4, 0.5) is 0 Å². The van der Waals surface area contributed by atoms with Crippen molar-refractivity contribution in [2.24, 2.45) is 0 Å². The lowest BCUT2D eigenvalue weighted by Gasteiger charge is -2.34. The van der Waals surface area contributed by atoms with Gasteiger partial charge in [0.05, 0.1) is 6.61 Å². The first kappa shape index (κ1) is 14.6. The first-order valence-electron chi connectivity index (χ1n) is 5.09. The largest absolute Gasteiger partial charge is 0.395 e. The molecule has 1 saturated heterocycles. The zero-order valence-electron chi connectivity index (χ0n) is 8.92. The van der Waals surface area contributed by atoms with Crippen molar-refractivity contribution in [3.05, 3.63) is 0 Å². The first-order valence-corrected chi connectivity index (χ1v) is 7.84. The molecular weight excluding hydrogens is 347 g/mol. The number of piperazine rings is 1. The number of β-amino-alcohol motifs (C(OH)–C–C–N with tert-alkyl or cyclic N) is 1. The number of halogens is 1. The Kier molecular flexibility index (Phi) is 5.88.